The molecule has 0 amide bonds. The van der Waals surface area contributed by atoms with Gasteiger partial charge in [-0.15, -0.1) is 0 Å². The molecule has 338 valence electrons. The number of ether oxygens (including phenoxy) is 1. The van der Waals surface area contributed by atoms with E-state index in [1.165, 1.54) is 16.7 Å². The summed E-state index contributed by atoms with van der Waals surface area (Å²) in [5.74, 6) is 1.94. The minimum atomic E-state index is -0.429. The lowest BCUT2D eigenvalue weighted by Gasteiger charge is -2.26. The predicted octanol–water partition coefficient (Wildman–Crippen LogP) is 17.5. The van der Waals surface area contributed by atoms with Gasteiger partial charge in [-0.05, 0) is 129 Å². The van der Waals surface area contributed by atoms with Crippen molar-refractivity contribution >= 4 is 44.6 Å². The van der Waals surface area contributed by atoms with Crippen LogP contribution in [0.3, 0.4) is 0 Å². The predicted molar refractivity (Wildman–Crippen MR) is 292 cm³/mol. The molecule has 11 aromatic rings. The zero-order chi connectivity index (χ0) is 51.7. The Balaban J connectivity index is 0.943. The summed E-state index contributed by atoms with van der Waals surface area (Å²) in [5.41, 5.74) is 15.5. The molecule has 0 aliphatic carbocycles. The zero-order valence-corrected chi connectivity index (χ0v) is 39.5. The second-order valence-electron chi connectivity index (χ2n) is 19.0. The number of rotatable bonds is 9. The zero-order valence-electron chi connectivity index (χ0n) is 44.5. The lowest BCUT2D eigenvalue weighted by atomic mass is 9.85. The van der Waals surface area contributed by atoms with Crippen LogP contribution in [-0.2, 0) is 5.41 Å². The second kappa shape index (κ2) is 17.4. The molecule has 0 bridgehead atoms. The fourth-order valence-electron chi connectivity index (χ4n) is 9.79. The molecule has 1 aliphatic heterocycles. The van der Waals surface area contributed by atoms with Gasteiger partial charge in [0.2, 0.25) is 0 Å². The molecular weight excluding hydrogens is 853 g/mol. The van der Waals surface area contributed by atoms with Crippen molar-refractivity contribution in [2.75, 3.05) is 16.5 Å². The maximum atomic E-state index is 8.70. The fourth-order valence-corrected chi connectivity index (χ4v) is 9.79. The summed E-state index contributed by atoms with van der Waals surface area (Å²) < 4.78 is 51.2. The van der Waals surface area contributed by atoms with Gasteiger partial charge in [-0.25, -0.2) is 4.98 Å². The summed E-state index contributed by atoms with van der Waals surface area (Å²) in [6.07, 6.45) is 1.62. The molecule has 0 saturated heterocycles. The molecule has 0 radical (unpaired) electrons. The summed E-state index contributed by atoms with van der Waals surface area (Å²) in [6.45, 7) is 9.28. The first kappa shape index (κ1) is 37.3. The molecule has 5 heteroatoms. The Kier molecular flexibility index (Phi) is 9.30. The van der Waals surface area contributed by atoms with Crippen molar-refractivity contribution in [1.82, 2.24) is 9.55 Å². The largest absolute Gasteiger partial charge is 0.457 e. The first-order chi connectivity index (χ1) is 36.3. The molecule has 0 fully saturated rings. The Bertz CT molecular complexity index is 3990. The van der Waals surface area contributed by atoms with Crippen molar-refractivity contribution in [2.24, 2.45) is 0 Å². The molecule has 0 atom stereocenters. The van der Waals surface area contributed by atoms with Crippen molar-refractivity contribution in [2.45, 2.75) is 33.1 Å². The van der Waals surface area contributed by atoms with Crippen molar-refractivity contribution in [3.05, 3.63) is 242 Å². The molecule has 70 heavy (non-hydrogen) atoms. The number of fused-ring (bicyclic) bond motifs is 4. The molecule has 0 saturated carbocycles. The van der Waals surface area contributed by atoms with Gasteiger partial charge in [-0.1, -0.05) is 166 Å². The van der Waals surface area contributed by atoms with Crippen LogP contribution in [0.5, 0.6) is 11.5 Å². The van der Waals surface area contributed by atoms with Crippen LogP contribution in [-0.4, -0.2) is 16.2 Å². The van der Waals surface area contributed by atoms with E-state index in [9.17, 15) is 0 Å². The van der Waals surface area contributed by atoms with E-state index in [-0.39, 0.29) is 35.1 Å². The fraction of sp³-hybridized carbons (Fsp3) is 0.0923. The first-order valence-electron chi connectivity index (χ1n) is 26.2. The summed E-state index contributed by atoms with van der Waals surface area (Å²) in [5, 5.41) is 2.04. The van der Waals surface area contributed by atoms with Crippen LogP contribution in [0.25, 0.3) is 72.1 Å². The normalized spacial score (nSPS) is 13.5. The average Bonchev–Trinajstić information content (AvgIpc) is 4.01. The Morgan fingerprint density at radius 3 is 1.84 bits per heavy atom. The van der Waals surface area contributed by atoms with Crippen LogP contribution >= 0.6 is 0 Å². The average molecular weight is 910 g/mol. The number of aryl methyl sites for hydroxylation is 1. The van der Waals surface area contributed by atoms with E-state index in [1.54, 1.807) is 6.20 Å². The molecule has 5 nitrogen and oxygen atoms in total. The lowest BCUT2D eigenvalue weighted by molar-refractivity contribution is 0.483. The topological polar surface area (TPSA) is 33.5 Å². The highest BCUT2D eigenvalue weighted by Gasteiger charge is 2.30. The van der Waals surface area contributed by atoms with E-state index in [1.807, 2.05) is 49.4 Å². The van der Waals surface area contributed by atoms with Crippen molar-refractivity contribution in [3.63, 3.8) is 0 Å². The van der Waals surface area contributed by atoms with Gasteiger partial charge >= 0.3 is 0 Å². The van der Waals surface area contributed by atoms with Gasteiger partial charge in [0.25, 0.3) is 0 Å². The Morgan fingerprint density at radius 1 is 0.486 bits per heavy atom. The quantitative estimate of drug-likeness (QED) is 0.144. The molecule has 9 aromatic carbocycles. The van der Waals surface area contributed by atoms with Crippen molar-refractivity contribution in [3.8, 4) is 61.8 Å². The van der Waals surface area contributed by atoms with Crippen LogP contribution < -0.4 is 14.5 Å². The van der Waals surface area contributed by atoms with Gasteiger partial charge in [0.05, 0.1) is 29.3 Å². The summed E-state index contributed by atoms with van der Waals surface area (Å²) in [4.78, 5) is 9.74. The molecule has 3 heterocycles. The maximum absolute atomic E-state index is 8.70. The third kappa shape index (κ3) is 7.95. The molecule has 0 spiro atoms. The molecular formula is C65H52N4O. The number of hydrogen-bond acceptors (Lipinski definition) is 4. The molecule has 0 unspecified atom stereocenters. The van der Waals surface area contributed by atoms with Crippen LogP contribution in [0, 0.1) is 6.92 Å². The lowest BCUT2D eigenvalue weighted by Crippen LogP contribution is -2.24. The van der Waals surface area contributed by atoms with E-state index in [2.05, 4.69) is 187 Å². The first-order valence-corrected chi connectivity index (χ1v) is 23.7. The van der Waals surface area contributed by atoms with Gasteiger partial charge in [-0.3, -0.25) is 4.57 Å². The van der Waals surface area contributed by atoms with Crippen molar-refractivity contribution < 1.29 is 11.6 Å². The second-order valence-corrected chi connectivity index (χ2v) is 19.0. The molecule has 2 aromatic heterocycles. The van der Waals surface area contributed by atoms with Crippen LogP contribution in [0.2, 0.25) is 0 Å². The standard InChI is InChI=1S/C65H52N4O/c1-44-34-64(66-42-59(44)48-24-15-8-16-25-48)69-60-32-28-49(45-18-9-5-10-19-45)37-58(60)57-31-30-56(41-62(57)69)70-55-27-17-26-53(40-55)67-43-68(63-38-50(29-33-61(63)67)46-20-11-6-12-21-46)54-36-51(47-22-13-7-14-23-47)35-52(39-54)65(2,3)4/h5-42H,43H2,1-4H3/i8D,15D,16D,24D,25D. The van der Waals surface area contributed by atoms with Gasteiger partial charge in [-0.2, -0.15) is 0 Å². The molecule has 12 rings (SSSR count). The number of hydrogen-bond donors (Lipinski definition) is 0. The third-order valence-corrected chi connectivity index (χ3v) is 13.5. The Labute approximate surface area is 417 Å². The number of nitrogens with zero attached hydrogens (tertiary/aromatic N) is 4. The van der Waals surface area contributed by atoms with Crippen LogP contribution in [0.1, 0.15) is 38.8 Å². The summed E-state index contributed by atoms with van der Waals surface area (Å²) in [6, 6.07) is 66.3. The smallest absolute Gasteiger partial charge is 0.137 e. The van der Waals surface area contributed by atoms with Gasteiger partial charge in [0.1, 0.15) is 24.0 Å². The minimum absolute atomic E-state index is 0.0840. The van der Waals surface area contributed by atoms with E-state index < -0.39 is 6.04 Å². The van der Waals surface area contributed by atoms with Crippen LogP contribution in [0.4, 0.5) is 22.7 Å². The Hall–Kier alpha value is -8.67. The number of benzene rings is 9. The summed E-state index contributed by atoms with van der Waals surface area (Å²) in [7, 11) is 0. The van der Waals surface area contributed by atoms with E-state index >= 15 is 0 Å². The van der Waals surface area contributed by atoms with E-state index in [0.717, 1.165) is 72.4 Å². The van der Waals surface area contributed by atoms with Crippen LogP contribution in [0.15, 0.2) is 231 Å². The molecule has 1 aliphatic rings. The number of aromatic nitrogens is 2. The third-order valence-electron chi connectivity index (χ3n) is 13.5. The number of anilines is 4. The summed E-state index contributed by atoms with van der Waals surface area (Å²) >= 11 is 0. The maximum Gasteiger partial charge on any atom is 0.137 e. The van der Waals surface area contributed by atoms with E-state index in [0.29, 0.717) is 29.5 Å². The Morgan fingerprint density at radius 2 is 1.14 bits per heavy atom. The minimum Gasteiger partial charge on any atom is -0.457 e. The van der Waals surface area contributed by atoms with Gasteiger partial charge in [0.15, 0.2) is 0 Å². The monoisotopic (exact) mass is 909 g/mol. The SMILES string of the molecule is [2H]c1c([2H])c([2H])c(-c2cnc(-n3c4ccc(-c5ccccc5)cc4c4ccc(Oc5cccc(N6CN(c7cc(-c8ccccc8)cc(C(C)(C)C)c7)c7cc(-c8ccccc8)ccc76)c5)cc43)cc2C)c([2H])c1[2H]. The van der Waals surface area contributed by atoms with Gasteiger partial charge in [0, 0.05) is 46.0 Å². The highest BCUT2D eigenvalue weighted by atomic mass is 16.5. The highest BCUT2D eigenvalue weighted by molar-refractivity contribution is 6.11. The van der Waals surface area contributed by atoms with Gasteiger partial charge < -0.3 is 14.5 Å². The number of pyridine rings is 1. The van der Waals surface area contributed by atoms with Crippen molar-refractivity contribution in [1.29, 1.82) is 0 Å². The molecule has 0 N–H and O–H groups in total. The van der Waals surface area contributed by atoms with E-state index in [4.69, 9.17) is 16.6 Å². The highest BCUT2D eigenvalue weighted by Crippen LogP contribution is 2.48.